The fourth-order valence-electron chi connectivity index (χ4n) is 3.18. The van der Waals surface area contributed by atoms with E-state index in [4.69, 9.17) is 0 Å². The fourth-order valence-corrected chi connectivity index (χ4v) is 5.22. The maximum absolute atomic E-state index is 12.0. The molecule has 0 spiro atoms. The first-order valence-corrected chi connectivity index (χ1v) is 10.8. The van der Waals surface area contributed by atoms with Crippen molar-refractivity contribution in [2.45, 2.75) is 49.9 Å². The second kappa shape index (κ2) is 8.43. The molecule has 0 unspecified atom stereocenters. The predicted octanol–water partition coefficient (Wildman–Crippen LogP) is 2.99. The lowest BCUT2D eigenvalue weighted by Gasteiger charge is -2.19. The molecule has 2 aromatic rings. The van der Waals surface area contributed by atoms with Gasteiger partial charge in [-0.05, 0) is 43.7 Å². The highest BCUT2D eigenvalue weighted by molar-refractivity contribution is 8.00. The predicted molar refractivity (Wildman–Crippen MR) is 108 cm³/mol. The zero-order valence-electron chi connectivity index (χ0n) is 16.0. The molecule has 3 amide bonds. The van der Waals surface area contributed by atoms with Gasteiger partial charge in [0.15, 0.2) is 11.0 Å². The third kappa shape index (κ3) is 4.35. The van der Waals surface area contributed by atoms with Crippen LogP contribution < -0.4 is 10.6 Å². The van der Waals surface area contributed by atoms with Gasteiger partial charge < -0.3 is 9.88 Å². The maximum atomic E-state index is 12.0. The van der Waals surface area contributed by atoms with Crippen LogP contribution in [-0.2, 0) is 24.7 Å². The molecule has 2 N–H and O–H groups in total. The van der Waals surface area contributed by atoms with Gasteiger partial charge in [-0.3, -0.25) is 10.1 Å². The molecule has 2 atom stereocenters. The van der Waals surface area contributed by atoms with Crippen LogP contribution in [0.1, 0.15) is 37.1 Å². The number of nitrogens with zero attached hydrogens (tertiary/aromatic N) is 3. The molecule has 0 aliphatic heterocycles. The van der Waals surface area contributed by atoms with Crippen molar-refractivity contribution in [2.24, 2.45) is 13.0 Å². The number of rotatable bonds is 5. The highest BCUT2D eigenvalue weighted by Crippen LogP contribution is 2.38. The Morgan fingerprint density at radius 2 is 2.22 bits per heavy atom. The largest absolute Gasteiger partial charge is 0.341 e. The van der Waals surface area contributed by atoms with Gasteiger partial charge in [-0.15, -0.1) is 21.5 Å². The van der Waals surface area contributed by atoms with Crippen molar-refractivity contribution < 1.29 is 9.59 Å². The second-order valence-electron chi connectivity index (χ2n) is 6.77. The molecule has 146 valence electrons. The molecule has 1 aliphatic carbocycles. The first kappa shape index (κ1) is 19.9. The summed E-state index contributed by atoms with van der Waals surface area (Å²) in [4.78, 5) is 25.9. The maximum Gasteiger partial charge on any atom is 0.321 e. The molecule has 7 nitrogen and oxygen atoms in total. The van der Waals surface area contributed by atoms with Crippen molar-refractivity contribution in [2.75, 3.05) is 7.05 Å². The van der Waals surface area contributed by atoms with Crippen LogP contribution in [0.25, 0.3) is 10.7 Å². The molecule has 9 heteroatoms. The minimum atomic E-state index is -0.513. The Balaban J connectivity index is 1.73. The summed E-state index contributed by atoms with van der Waals surface area (Å²) in [6.45, 7) is 4.00. The minimum absolute atomic E-state index is 0.360. The summed E-state index contributed by atoms with van der Waals surface area (Å²) in [6, 6.07) is 1.74. The first-order chi connectivity index (χ1) is 12.9. The number of fused-ring (bicyclic) bond motifs is 1. The zero-order chi connectivity index (χ0) is 19.6. The average Bonchev–Trinajstić information content (AvgIpc) is 3.24. The lowest BCUT2D eigenvalue weighted by Crippen LogP contribution is -2.41. The van der Waals surface area contributed by atoms with Gasteiger partial charge in [-0.2, -0.15) is 0 Å². The quantitative estimate of drug-likeness (QED) is 0.744. The van der Waals surface area contributed by atoms with E-state index < -0.39 is 11.3 Å². The Morgan fingerprint density at radius 3 is 2.93 bits per heavy atom. The van der Waals surface area contributed by atoms with Gasteiger partial charge in [0, 0.05) is 19.0 Å². The molecule has 2 aromatic heterocycles. The van der Waals surface area contributed by atoms with Crippen LogP contribution in [0.4, 0.5) is 4.79 Å². The summed E-state index contributed by atoms with van der Waals surface area (Å²) >= 11 is 3.09. The SMILES string of the molecule is CC[C@@H]1CCc2sc(-c3nnc(S[C@H](C)C(=O)NC(=O)NC)n3C)cc2C1. The Bertz CT molecular complexity index is 845. The summed E-state index contributed by atoms with van der Waals surface area (Å²) in [5.74, 6) is 1.25. The van der Waals surface area contributed by atoms with Crippen molar-refractivity contribution in [3.8, 4) is 10.7 Å². The van der Waals surface area contributed by atoms with E-state index in [9.17, 15) is 9.59 Å². The zero-order valence-corrected chi connectivity index (χ0v) is 17.7. The first-order valence-electron chi connectivity index (χ1n) is 9.13. The summed E-state index contributed by atoms with van der Waals surface area (Å²) in [5, 5.41) is 13.5. The number of thiophene rings is 1. The molecule has 0 bridgehead atoms. The Morgan fingerprint density at radius 1 is 1.44 bits per heavy atom. The van der Waals surface area contributed by atoms with Crippen LogP contribution in [0.3, 0.4) is 0 Å². The summed E-state index contributed by atoms with van der Waals surface area (Å²) in [7, 11) is 3.38. The third-order valence-corrected chi connectivity index (χ3v) is 7.30. The number of amides is 3. The number of carbonyl (C=O) groups excluding carboxylic acids is 2. The lowest BCUT2D eigenvalue weighted by molar-refractivity contribution is -0.119. The van der Waals surface area contributed by atoms with Crippen LogP contribution in [0, 0.1) is 5.92 Å². The smallest absolute Gasteiger partial charge is 0.321 e. The Hall–Kier alpha value is -1.87. The van der Waals surface area contributed by atoms with Gasteiger partial charge in [0.1, 0.15) is 0 Å². The summed E-state index contributed by atoms with van der Waals surface area (Å²) < 4.78 is 1.92. The summed E-state index contributed by atoms with van der Waals surface area (Å²) in [6.07, 6.45) is 4.79. The van der Waals surface area contributed by atoms with E-state index in [0.29, 0.717) is 5.16 Å². The molecule has 27 heavy (non-hydrogen) atoms. The Labute approximate surface area is 167 Å². The van der Waals surface area contributed by atoms with Crippen LogP contribution in [0.5, 0.6) is 0 Å². The van der Waals surface area contributed by atoms with E-state index in [1.807, 2.05) is 11.6 Å². The van der Waals surface area contributed by atoms with Crippen LogP contribution in [-0.4, -0.2) is 39.0 Å². The summed E-state index contributed by atoms with van der Waals surface area (Å²) in [5.41, 5.74) is 1.45. The number of urea groups is 1. The van der Waals surface area contributed by atoms with Crippen LogP contribution >= 0.6 is 23.1 Å². The number of nitrogens with one attached hydrogen (secondary N) is 2. The van der Waals surface area contributed by atoms with Crippen LogP contribution in [0.15, 0.2) is 11.2 Å². The lowest BCUT2D eigenvalue weighted by atomic mass is 9.87. The molecule has 0 radical (unpaired) electrons. The number of aromatic nitrogens is 3. The van der Waals surface area contributed by atoms with E-state index in [0.717, 1.165) is 29.5 Å². The number of hydrogen-bond acceptors (Lipinski definition) is 6. The van der Waals surface area contributed by atoms with Crippen molar-refractivity contribution in [1.82, 2.24) is 25.4 Å². The molecule has 0 saturated carbocycles. The molecule has 2 heterocycles. The number of imide groups is 1. The van der Waals surface area contributed by atoms with Gasteiger partial charge in [0.05, 0.1) is 10.1 Å². The highest BCUT2D eigenvalue weighted by Gasteiger charge is 2.24. The van der Waals surface area contributed by atoms with Crippen molar-refractivity contribution in [3.63, 3.8) is 0 Å². The molecule has 3 rings (SSSR count). The molecule has 1 aliphatic rings. The van der Waals surface area contributed by atoms with Gasteiger partial charge in [0.25, 0.3) is 0 Å². The normalized spacial score (nSPS) is 17.3. The average molecular weight is 408 g/mol. The van der Waals surface area contributed by atoms with Gasteiger partial charge >= 0.3 is 6.03 Å². The molecule has 0 aromatic carbocycles. The van der Waals surface area contributed by atoms with Crippen molar-refractivity contribution in [3.05, 3.63) is 16.5 Å². The minimum Gasteiger partial charge on any atom is -0.341 e. The number of aryl methyl sites for hydroxylation is 1. The van der Waals surface area contributed by atoms with E-state index in [1.165, 1.54) is 42.1 Å². The highest BCUT2D eigenvalue weighted by atomic mass is 32.2. The van der Waals surface area contributed by atoms with Crippen LogP contribution in [0.2, 0.25) is 0 Å². The van der Waals surface area contributed by atoms with E-state index >= 15 is 0 Å². The van der Waals surface area contributed by atoms with E-state index in [2.05, 4.69) is 33.8 Å². The number of hydrogen-bond donors (Lipinski definition) is 2. The second-order valence-corrected chi connectivity index (χ2v) is 9.21. The molecule has 0 saturated heterocycles. The van der Waals surface area contributed by atoms with Gasteiger partial charge in [-0.1, -0.05) is 25.1 Å². The van der Waals surface area contributed by atoms with E-state index in [-0.39, 0.29) is 5.91 Å². The van der Waals surface area contributed by atoms with E-state index in [1.54, 1.807) is 18.3 Å². The van der Waals surface area contributed by atoms with Crippen molar-refractivity contribution >= 4 is 35.0 Å². The topological polar surface area (TPSA) is 88.9 Å². The molecular weight excluding hydrogens is 382 g/mol. The standard InChI is InChI=1S/C18H25N5O2S2/c1-5-11-6-7-13-12(8-11)9-14(27-13)15-21-22-18(23(15)4)26-10(2)16(24)20-17(25)19-3/h9-11H,5-8H2,1-4H3,(H2,19,20,24,25)/t10-,11-/m1/s1. The third-order valence-electron chi connectivity index (χ3n) is 4.93. The van der Waals surface area contributed by atoms with Crippen molar-refractivity contribution in [1.29, 1.82) is 0 Å². The monoisotopic (exact) mass is 407 g/mol. The number of carbonyl (C=O) groups is 2. The van der Waals surface area contributed by atoms with Gasteiger partial charge in [0.2, 0.25) is 5.91 Å². The fraction of sp³-hybridized carbons (Fsp3) is 0.556. The molecular formula is C18H25N5O2S2. The Kier molecular flexibility index (Phi) is 6.21. The molecule has 0 fully saturated rings. The number of thioether (sulfide) groups is 1. The van der Waals surface area contributed by atoms with Gasteiger partial charge in [-0.25, -0.2) is 4.79 Å².